The highest BCUT2D eigenvalue weighted by molar-refractivity contribution is 8.00. The van der Waals surface area contributed by atoms with Gasteiger partial charge in [-0.3, -0.25) is 14.5 Å². The van der Waals surface area contributed by atoms with Gasteiger partial charge in [-0.1, -0.05) is 11.2 Å². The predicted octanol–water partition coefficient (Wildman–Crippen LogP) is -0.817. The van der Waals surface area contributed by atoms with Gasteiger partial charge >= 0.3 is 0 Å². The molecule has 1 saturated heterocycles. The molecule has 0 radical (unpaired) electrons. The summed E-state index contributed by atoms with van der Waals surface area (Å²) in [5.41, 5.74) is 6.74. The third kappa shape index (κ3) is 5.49. The van der Waals surface area contributed by atoms with Crippen LogP contribution in [0.25, 0.3) is 0 Å². The minimum absolute atomic E-state index is 0. The van der Waals surface area contributed by atoms with E-state index < -0.39 is 29.2 Å². The molecule has 3 aromatic rings. The van der Waals surface area contributed by atoms with E-state index in [0.717, 1.165) is 11.3 Å². The van der Waals surface area contributed by atoms with Crippen LogP contribution in [0, 0.1) is 0 Å². The standard InChI is InChI=1S/C22H20N8O5S2.ClH/c23-22-26-14(10-37-22)15(28-35-8-13-6-24-11-25-13)18(31)27-16-19(32)30-17(21(33)34)12(9-36-20(16)30)7-29-4-2-1-3-5-29;/h1-6,10-11,16,20H,7-9H2,(H4-,23,24,25,26,27,31,33,34);1H/b28-15+;. The number of imidazole rings is 1. The summed E-state index contributed by atoms with van der Waals surface area (Å²) in [5.74, 6) is -2.36. The van der Waals surface area contributed by atoms with Crippen LogP contribution in [0.2, 0.25) is 0 Å². The van der Waals surface area contributed by atoms with Crippen molar-refractivity contribution in [3.05, 3.63) is 71.2 Å². The first kappa shape index (κ1) is 27.1. The first-order valence-corrected chi connectivity index (χ1v) is 12.9. The van der Waals surface area contributed by atoms with E-state index >= 15 is 0 Å². The number of thioether (sulfide) groups is 1. The molecule has 2 unspecified atom stereocenters. The Labute approximate surface area is 230 Å². The maximum atomic E-state index is 13.1. The lowest BCUT2D eigenvalue weighted by Crippen LogP contribution is -2.71. The normalized spacial score (nSPS) is 18.8. The first-order chi connectivity index (χ1) is 17.9. The molecule has 4 N–H and O–H groups in total. The number of aromatic amines is 1. The minimum Gasteiger partial charge on any atom is -0.543 e. The SMILES string of the molecule is Cl.Nc1nc(/C(=N\OCc2cnc[nH]2)C(=O)NC2C(=O)N3C(C(=O)[O-])=C(C[n+]4ccccc4)CSC23)cs1. The van der Waals surface area contributed by atoms with Gasteiger partial charge in [-0.15, -0.1) is 35.5 Å². The number of nitrogen functional groups attached to an aromatic ring is 1. The molecular formula is C22H21ClN8O5S2. The summed E-state index contributed by atoms with van der Waals surface area (Å²) < 4.78 is 1.81. The van der Waals surface area contributed by atoms with Gasteiger partial charge in [-0.25, -0.2) is 14.5 Å². The van der Waals surface area contributed by atoms with Gasteiger partial charge < -0.3 is 30.8 Å². The highest BCUT2D eigenvalue weighted by Crippen LogP contribution is 2.40. The molecular weight excluding hydrogens is 556 g/mol. The van der Waals surface area contributed by atoms with Gasteiger partial charge in [0, 0.05) is 28.8 Å². The van der Waals surface area contributed by atoms with Crippen LogP contribution in [0.5, 0.6) is 0 Å². The summed E-state index contributed by atoms with van der Waals surface area (Å²) in [6.07, 6.45) is 6.63. The van der Waals surface area contributed by atoms with Crippen molar-refractivity contribution < 1.29 is 28.9 Å². The van der Waals surface area contributed by atoms with Gasteiger partial charge in [0.25, 0.3) is 11.8 Å². The zero-order valence-corrected chi connectivity index (χ0v) is 21.9. The highest BCUT2D eigenvalue weighted by Gasteiger charge is 2.53. The number of pyridine rings is 1. The summed E-state index contributed by atoms with van der Waals surface area (Å²) >= 11 is 2.47. The van der Waals surface area contributed by atoms with Crippen LogP contribution < -0.4 is 20.7 Å². The summed E-state index contributed by atoms with van der Waals surface area (Å²) in [5, 5.41) is 19.7. The molecule has 0 aromatic carbocycles. The third-order valence-corrected chi connectivity index (χ3v) is 7.60. The number of aromatic nitrogens is 4. The summed E-state index contributed by atoms with van der Waals surface area (Å²) in [6.45, 7) is 0.313. The van der Waals surface area contributed by atoms with E-state index in [1.165, 1.54) is 23.0 Å². The number of thiazole rings is 1. The van der Waals surface area contributed by atoms with Crippen molar-refractivity contribution in [1.29, 1.82) is 0 Å². The Morgan fingerprint density at radius 2 is 2.13 bits per heavy atom. The number of anilines is 1. The number of hydrogen-bond donors (Lipinski definition) is 3. The van der Waals surface area contributed by atoms with Crippen LogP contribution in [-0.4, -0.2) is 60.5 Å². The number of halogens is 1. The monoisotopic (exact) mass is 576 g/mol. The van der Waals surface area contributed by atoms with E-state index in [1.54, 1.807) is 24.0 Å². The van der Waals surface area contributed by atoms with E-state index in [-0.39, 0.29) is 41.2 Å². The lowest BCUT2D eigenvalue weighted by molar-refractivity contribution is -0.689. The topological polar surface area (TPSA) is 183 Å². The van der Waals surface area contributed by atoms with Crippen LogP contribution >= 0.6 is 35.5 Å². The maximum Gasteiger partial charge on any atom is 0.276 e. The number of nitrogens with one attached hydrogen (secondary N) is 2. The molecule has 13 nitrogen and oxygen atoms in total. The molecule has 5 heterocycles. The molecule has 2 aliphatic heterocycles. The second-order valence-corrected chi connectivity index (χ2v) is 10.0. The van der Waals surface area contributed by atoms with Crippen LogP contribution in [0.1, 0.15) is 11.4 Å². The molecule has 38 heavy (non-hydrogen) atoms. The number of nitrogens with zero attached hydrogens (tertiary/aromatic N) is 5. The van der Waals surface area contributed by atoms with Gasteiger partial charge in [-0.05, 0) is 0 Å². The second kappa shape index (κ2) is 11.6. The minimum atomic E-state index is -1.44. The number of amides is 2. The average Bonchev–Trinajstić information content (AvgIpc) is 3.57. The summed E-state index contributed by atoms with van der Waals surface area (Å²) in [6, 6.07) is 4.53. The first-order valence-electron chi connectivity index (χ1n) is 10.9. The van der Waals surface area contributed by atoms with Crippen molar-refractivity contribution in [1.82, 2.24) is 25.2 Å². The predicted molar refractivity (Wildman–Crippen MR) is 137 cm³/mol. The Bertz CT molecular complexity index is 1400. The lowest BCUT2D eigenvalue weighted by atomic mass is 10.0. The molecule has 0 bridgehead atoms. The van der Waals surface area contributed by atoms with Crippen molar-refractivity contribution in [2.45, 2.75) is 24.6 Å². The van der Waals surface area contributed by atoms with E-state index in [4.69, 9.17) is 10.6 Å². The second-order valence-electron chi connectivity index (χ2n) is 8.01. The van der Waals surface area contributed by atoms with E-state index in [2.05, 4.69) is 25.4 Å². The molecule has 1 fully saturated rings. The van der Waals surface area contributed by atoms with Gasteiger partial charge in [0.15, 0.2) is 36.4 Å². The Morgan fingerprint density at radius 1 is 1.34 bits per heavy atom. The fraction of sp³-hybridized carbons (Fsp3) is 0.227. The number of carboxylic acids is 1. The zero-order valence-electron chi connectivity index (χ0n) is 19.5. The average molecular weight is 577 g/mol. The number of rotatable bonds is 9. The smallest absolute Gasteiger partial charge is 0.276 e. The van der Waals surface area contributed by atoms with E-state index in [0.29, 0.717) is 23.6 Å². The summed E-state index contributed by atoms with van der Waals surface area (Å²) in [4.78, 5) is 55.5. The van der Waals surface area contributed by atoms with Crippen LogP contribution in [-0.2, 0) is 32.4 Å². The fourth-order valence-corrected chi connectivity index (χ4v) is 5.78. The Morgan fingerprint density at radius 3 is 2.79 bits per heavy atom. The number of carbonyl (C=O) groups excluding carboxylic acids is 3. The molecule has 16 heteroatoms. The molecule has 0 aliphatic carbocycles. The number of carbonyl (C=O) groups is 3. The Balaban J connectivity index is 0.00000336. The van der Waals surface area contributed by atoms with Crippen LogP contribution in [0.15, 0.2) is 64.9 Å². The van der Waals surface area contributed by atoms with Crippen molar-refractivity contribution >= 4 is 64.1 Å². The molecule has 2 aliphatic rings. The van der Waals surface area contributed by atoms with Crippen molar-refractivity contribution in [3.8, 4) is 0 Å². The number of β-lactam (4-membered cyclic amide) rings is 1. The Hall–Kier alpha value is -3.95. The third-order valence-electron chi connectivity index (χ3n) is 5.59. The van der Waals surface area contributed by atoms with Crippen molar-refractivity contribution in [2.24, 2.45) is 5.16 Å². The van der Waals surface area contributed by atoms with Gasteiger partial charge in [0.2, 0.25) is 0 Å². The molecule has 0 saturated carbocycles. The van der Waals surface area contributed by atoms with Crippen molar-refractivity contribution in [2.75, 3.05) is 11.5 Å². The highest BCUT2D eigenvalue weighted by atomic mass is 35.5. The van der Waals surface area contributed by atoms with Gasteiger partial charge in [0.1, 0.15) is 17.1 Å². The van der Waals surface area contributed by atoms with Crippen molar-refractivity contribution in [3.63, 3.8) is 0 Å². The van der Waals surface area contributed by atoms with E-state index in [1.807, 2.05) is 22.8 Å². The number of H-pyrrole nitrogens is 1. The molecule has 3 aromatic heterocycles. The number of nitrogens with two attached hydrogens (primary N) is 1. The molecule has 198 valence electrons. The van der Waals surface area contributed by atoms with Crippen LogP contribution in [0.4, 0.5) is 5.13 Å². The molecule has 5 rings (SSSR count). The largest absolute Gasteiger partial charge is 0.543 e. The Kier molecular flexibility index (Phi) is 8.29. The number of fused-ring (bicyclic) bond motifs is 1. The van der Waals surface area contributed by atoms with Gasteiger partial charge in [0.05, 0.1) is 29.9 Å². The molecule has 2 atom stereocenters. The summed E-state index contributed by atoms with van der Waals surface area (Å²) in [7, 11) is 0. The number of oxime groups is 1. The zero-order chi connectivity index (χ0) is 25.9. The molecule has 0 spiro atoms. The lowest BCUT2D eigenvalue weighted by Gasteiger charge is -2.50. The number of hydrogen-bond acceptors (Lipinski definition) is 11. The van der Waals surface area contributed by atoms with E-state index in [9.17, 15) is 19.5 Å². The fourth-order valence-electron chi connectivity index (χ4n) is 3.89. The number of aliphatic carboxylic acids is 1. The van der Waals surface area contributed by atoms with Crippen LogP contribution in [0.3, 0.4) is 0 Å². The van der Waals surface area contributed by atoms with Gasteiger partial charge in [-0.2, -0.15) is 0 Å². The maximum absolute atomic E-state index is 13.1. The molecule has 2 amide bonds. The number of carboxylic acid groups (broad SMARTS) is 1. The quantitative estimate of drug-likeness (QED) is 0.127.